The number of nitrogens with zero attached hydrogens (tertiary/aromatic N) is 3. The molecule has 5 aromatic rings. The van der Waals surface area contributed by atoms with Gasteiger partial charge in [0.2, 0.25) is 0 Å². The number of esters is 1. The standard InChI is InChI=1S/C34H27ClFN3O3S/c1-4-42-33(41)29-30(22-8-6-5-7-9-22)37-34-39(31(29)23-10-14-26(36)15-11-23)32(40)28(43-34)19-24-18-20(2)38(21(24)3)27-16-12-25(35)13-17-27/h5-19,31H,4H2,1-3H3/b28-19-/t31-/m1/s1. The lowest BCUT2D eigenvalue weighted by Gasteiger charge is -2.25. The molecule has 0 bridgehead atoms. The van der Waals surface area contributed by atoms with Crippen molar-refractivity contribution in [3.8, 4) is 5.69 Å². The number of fused-ring (bicyclic) bond motifs is 1. The van der Waals surface area contributed by atoms with Gasteiger partial charge in [-0.15, -0.1) is 0 Å². The number of benzene rings is 3. The number of hydrogen-bond acceptors (Lipinski definition) is 5. The van der Waals surface area contributed by atoms with Gasteiger partial charge in [-0.05, 0) is 80.4 Å². The molecule has 0 saturated carbocycles. The molecule has 6 rings (SSSR count). The molecule has 43 heavy (non-hydrogen) atoms. The summed E-state index contributed by atoms with van der Waals surface area (Å²) in [5.41, 5.74) is 5.41. The number of rotatable bonds is 6. The van der Waals surface area contributed by atoms with Crippen LogP contribution in [0.1, 0.15) is 41.0 Å². The highest BCUT2D eigenvalue weighted by atomic mass is 35.5. The number of aryl methyl sites for hydroxylation is 1. The SMILES string of the molecule is CCOC(=O)C1=C(c2ccccc2)N=c2s/c(=C\c3cc(C)n(-c4ccc(Cl)cc4)c3C)c(=O)n2[C@@H]1c1ccc(F)cc1. The molecule has 1 atom stereocenters. The number of thiazole rings is 1. The lowest BCUT2D eigenvalue weighted by molar-refractivity contribution is -0.138. The Balaban J connectivity index is 1.59. The first-order chi connectivity index (χ1) is 20.8. The van der Waals surface area contributed by atoms with Crippen molar-refractivity contribution in [3.63, 3.8) is 0 Å². The van der Waals surface area contributed by atoms with Gasteiger partial charge in [-0.3, -0.25) is 9.36 Å². The second-order valence-corrected chi connectivity index (χ2v) is 11.6. The van der Waals surface area contributed by atoms with Gasteiger partial charge in [0.25, 0.3) is 5.56 Å². The van der Waals surface area contributed by atoms with E-state index in [1.165, 1.54) is 28.0 Å². The molecular weight excluding hydrogens is 585 g/mol. The van der Waals surface area contributed by atoms with Crippen LogP contribution in [0.5, 0.6) is 0 Å². The van der Waals surface area contributed by atoms with Gasteiger partial charge >= 0.3 is 5.97 Å². The Morgan fingerprint density at radius 3 is 2.42 bits per heavy atom. The van der Waals surface area contributed by atoms with E-state index in [-0.39, 0.29) is 17.7 Å². The van der Waals surface area contributed by atoms with E-state index in [1.807, 2.05) is 80.6 Å². The number of hydrogen-bond donors (Lipinski definition) is 0. The van der Waals surface area contributed by atoms with Crippen LogP contribution in [0.4, 0.5) is 4.39 Å². The summed E-state index contributed by atoms with van der Waals surface area (Å²) in [5, 5.41) is 0.653. The molecule has 0 fully saturated rings. The zero-order valence-electron chi connectivity index (χ0n) is 23.7. The van der Waals surface area contributed by atoms with Crippen molar-refractivity contribution in [1.29, 1.82) is 0 Å². The number of carbonyl (C=O) groups is 1. The van der Waals surface area contributed by atoms with E-state index in [4.69, 9.17) is 21.3 Å². The molecule has 216 valence electrons. The first kappa shape index (κ1) is 28.6. The van der Waals surface area contributed by atoms with E-state index in [0.29, 0.717) is 31.2 Å². The quantitative estimate of drug-likeness (QED) is 0.217. The molecule has 1 aliphatic rings. The van der Waals surface area contributed by atoms with E-state index in [1.54, 1.807) is 19.1 Å². The second-order valence-electron chi connectivity index (χ2n) is 10.1. The molecule has 2 aromatic heterocycles. The lowest BCUT2D eigenvalue weighted by atomic mass is 9.93. The summed E-state index contributed by atoms with van der Waals surface area (Å²) < 4.78 is 23.6. The second kappa shape index (κ2) is 11.6. The van der Waals surface area contributed by atoms with Crippen LogP contribution in [0.15, 0.2) is 100 Å². The number of ether oxygens (including phenoxy) is 1. The van der Waals surface area contributed by atoms with Crippen molar-refractivity contribution in [2.24, 2.45) is 4.99 Å². The Labute approximate surface area is 256 Å². The summed E-state index contributed by atoms with van der Waals surface area (Å²) in [7, 11) is 0. The fourth-order valence-electron chi connectivity index (χ4n) is 5.46. The Morgan fingerprint density at radius 1 is 1.05 bits per heavy atom. The van der Waals surface area contributed by atoms with Gasteiger partial charge in [0.1, 0.15) is 5.82 Å². The van der Waals surface area contributed by atoms with Crippen molar-refractivity contribution < 1.29 is 13.9 Å². The minimum absolute atomic E-state index is 0.147. The molecule has 0 N–H and O–H groups in total. The van der Waals surface area contributed by atoms with Crippen LogP contribution in [0, 0.1) is 19.7 Å². The first-order valence-corrected chi connectivity index (χ1v) is 14.9. The fourth-order valence-corrected chi connectivity index (χ4v) is 6.58. The number of carbonyl (C=O) groups excluding carboxylic acids is 1. The predicted octanol–water partition coefficient (Wildman–Crippen LogP) is 6.14. The Kier molecular flexibility index (Phi) is 7.73. The summed E-state index contributed by atoms with van der Waals surface area (Å²) >= 11 is 7.35. The molecule has 0 saturated heterocycles. The van der Waals surface area contributed by atoms with Crippen LogP contribution in [0.3, 0.4) is 0 Å². The normalized spacial score (nSPS) is 14.9. The number of halogens is 2. The van der Waals surface area contributed by atoms with Gasteiger partial charge in [-0.1, -0.05) is 65.4 Å². The maximum atomic E-state index is 14.2. The smallest absolute Gasteiger partial charge is 0.338 e. The van der Waals surface area contributed by atoms with Crippen LogP contribution in [0.2, 0.25) is 5.02 Å². The van der Waals surface area contributed by atoms with Gasteiger partial charge in [0.05, 0.1) is 28.5 Å². The summed E-state index contributed by atoms with van der Waals surface area (Å²) in [4.78, 5) is 33.0. The summed E-state index contributed by atoms with van der Waals surface area (Å²) in [6.45, 7) is 5.88. The highest BCUT2D eigenvalue weighted by molar-refractivity contribution is 7.07. The van der Waals surface area contributed by atoms with Crippen LogP contribution in [-0.4, -0.2) is 21.7 Å². The highest BCUT2D eigenvalue weighted by Crippen LogP contribution is 2.35. The van der Waals surface area contributed by atoms with E-state index in [0.717, 1.165) is 22.6 Å². The highest BCUT2D eigenvalue weighted by Gasteiger charge is 2.35. The molecule has 0 amide bonds. The molecule has 0 radical (unpaired) electrons. The molecule has 0 spiro atoms. The molecule has 0 aliphatic carbocycles. The van der Waals surface area contributed by atoms with E-state index in [9.17, 15) is 14.0 Å². The van der Waals surface area contributed by atoms with Crippen molar-refractivity contribution in [3.05, 3.63) is 149 Å². The van der Waals surface area contributed by atoms with Crippen molar-refractivity contribution >= 4 is 40.7 Å². The van der Waals surface area contributed by atoms with E-state index >= 15 is 0 Å². The van der Waals surface area contributed by atoms with Gasteiger partial charge in [0.15, 0.2) is 4.80 Å². The third-order valence-electron chi connectivity index (χ3n) is 7.40. The Morgan fingerprint density at radius 2 is 1.74 bits per heavy atom. The van der Waals surface area contributed by atoms with Gasteiger partial charge in [0, 0.05) is 27.7 Å². The van der Waals surface area contributed by atoms with E-state index in [2.05, 4.69) is 4.57 Å². The average molecular weight is 612 g/mol. The van der Waals surface area contributed by atoms with Gasteiger partial charge in [-0.2, -0.15) is 0 Å². The topological polar surface area (TPSA) is 65.6 Å². The minimum Gasteiger partial charge on any atom is -0.463 e. The molecule has 6 nitrogen and oxygen atoms in total. The van der Waals surface area contributed by atoms with Gasteiger partial charge in [-0.25, -0.2) is 14.2 Å². The fraction of sp³-hybridized carbons (Fsp3) is 0.147. The third kappa shape index (κ3) is 5.28. The minimum atomic E-state index is -0.866. The summed E-state index contributed by atoms with van der Waals surface area (Å²) in [6.07, 6.45) is 1.86. The van der Waals surface area contributed by atoms with Gasteiger partial charge < -0.3 is 9.30 Å². The largest absolute Gasteiger partial charge is 0.463 e. The predicted molar refractivity (Wildman–Crippen MR) is 168 cm³/mol. The Hall–Kier alpha value is -4.53. The average Bonchev–Trinajstić information content (AvgIpc) is 3.47. The Bertz CT molecular complexity index is 2060. The number of aromatic nitrogens is 2. The molecule has 1 aliphatic heterocycles. The van der Waals surface area contributed by atoms with Crippen molar-refractivity contribution in [2.45, 2.75) is 26.8 Å². The molecule has 3 aromatic carbocycles. The monoisotopic (exact) mass is 611 g/mol. The maximum Gasteiger partial charge on any atom is 0.338 e. The zero-order chi connectivity index (χ0) is 30.2. The summed E-state index contributed by atoms with van der Waals surface area (Å²) in [5.74, 6) is -1.00. The summed E-state index contributed by atoms with van der Waals surface area (Å²) in [6, 6.07) is 23.9. The molecule has 3 heterocycles. The molecule has 9 heteroatoms. The van der Waals surface area contributed by atoms with Crippen LogP contribution in [-0.2, 0) is 9.53 Å². The van der Waals surface area contributed by atoms with Crippen molar-refractivity contribution in [2.75, 3.05) is 6.61 Å². The zero-order valence-corrected chi connectivity index (χ0v) is 25.2. The van der Waals surface area contributed by atoms with Crippen LogP contribution < -0.4 is 14.9 Å². The first-order valence-electron chi connectivity index (χ1n) is 13.8. The van der Waals surface area contributed by atoms with Crippen LogP contribution >= 0.6 is 22.9 Å². The lowest BCUT2D eigenvalue weighted by Crippen LogP contribution is -2.40. The van der Waals surface area contributed by atoms with E-state index < -0.39 is 17.8 Å². The maximum absolute atomic E-state index is 14.2. The van der Waals surface area contributed by atoms with Crippen LogP contribution in [0.25, 0.3) is 17.5 Å². The van der Waals surface area contributed by atoms with Crippen molar-refractivity contribution in [1.82, 2.24) is 9.13 Å². The molecule has 0 unspecified atom stereocenters. The molecular formula is C34H27ClFN3O3S. The third-order valence-corrected chi connectivity index (χ3v) is 8.64.